The number of rotatable bonds is 8. The molecule has 0 amide bonds. The molecule has 2 unspecified atom stereocenters. The van der Waals surface area contributed by atoms with E-state index in [4.69, 9.17) is 14.2 Å². The Bertz CT molecular complexity index is 620. The fourth-order valence-corrected chi connectivity index (χ4v) is 2.52. The minimum atomic E-state index is -0.550. The van der Waals surface area contributed by atoms with E-state index in [0.29, 0.717) is 19.8 Å². The van der Waals surface area contributed by atoms with Crippen molar-refractivity contribution in [3.8, 4) is 11.5 Å². The summed E-state index contributed by atoms with van der Waals surface area (Å²) < 4.78 is 17.0. The molecule has 1 aliphatic heterocycles. The number of aliphatic hydroxyl groups excluding tert-OH is 1. The van der Waals surface area contributed by atoms with Crippen LogP contribution in [0.5, 0.6) is 11.5 Å². The third kappa shape index (κ3) is 4.96. The summed E-state index contributed by atoms with van der Waals surface area (Å²) in [6.45, 7) is 2.33. The van der Waals surface area contributed by atoms with Gasteiger partial charge < -0.3 is 24.6 Å². The van der Waals surface area contributed by atoms with E-state index in [1.807, 2.05) is 54.6 Å². The number of hydrogen-bond donors (Lipinski definition) is 2. The minimum absolute atomic E-state index is 0.149. The van der Waals surface area contributed by atoms with E-state index in [0.717, 1.165) is 18.0 Å². The first kappa shape index (κ1) is 16.8. The topological polar surface area (TPSA) is 60.0 Å². The van der Waals surface area contributed by atoms with Gasteiger partial charge in [-0.25, -0.2) is 0 Å². The molecule has 2 atom stereocenters. The summed E-state index contributed by atoms with van der Waals surface area (Å²) in [6.07, 6.45) is -0.699. The molecule has 0 aromatic heterocycles. The molecular weight excluding hydrogens is 306 g/mol. The Hall–Kier alpha value is -2.08. The lowest BCUT2D eigenvalue weighted by atomic mass is 10.2. The fraction of sp³-hybridized carbons (Fsp3) is 0.368. The van der Waals surface area contributed by atoms with Crippen LogP contribution in [0.3, 0.4) is 0 Å². The number of nitrogens with one attached hydrogen (secondary N) is 1. The highest BCUT2D eigenvalue weighted by molar-refractivity contribution is 5.40. The Labute approximate surface area is 142 Å². The molecule has 0 bridgehead atoms. The molecule has 5 nitrogen and oxygen atoms in total. The van der Waals surface area contributed by atoms with E-state index >= 15 is 0 Å². The van der Waals surface area contributed by atoms with Gasteiger partial charge in [-0.3, -0.25) is 0 Å². The lowest BCUT2D eigenvalue weighted by Crippen LogP contribution is -2.36. The molecular formula is C19H23NO4. The van der Waals surface area contributed by atoms with Crippen LogP contribution in [-0.2, 0) is 11.3 Å². The molecule has 0 radical (unpaired) electrons. The summed E-state index contributed by atoms with van der Waals surface area (Å²) >= 11 is 0. The second kappa shape index (κ2) is 8.68. The van der Waals surface area contributed by atoms with E-state index in [-0.39, 0.29) is 12.7 Å². The summed E-state index contributed by atoms with van der Waals surface area (Å²) in [5.74, 6) is 1.50. The van der Waals surface area contributed by atoms with E-state index < -0.39 is 6.10 Å². The molecule has 3 rings (SSSR count). The molecule has 0 fully saturated rings. The summed E-state index contributed by atoms with van der Waals surface area (Å²) in [6, 6.07) is 17.7. The molecule has 1 heterocycles. The average molecular weight is 329 g/mol. The normalized spacial score (nSPS) is 17.5. The van der Waals surface area contributed by atoms with Gasteiger partial charge in [0.15, 0.2) is 17.6 Å². The SMILES string of the molecule is OC(CNCc1ccccc1)COCC1COc2ccccc2O1. The molecule has 0 aliphatic carbocycles. The van der Waals surface area contributed by atoms with Crippen molar-refractivity contribution in [1.29, 1.82) is 0 Å². The van der Waals surface area contributed by atoms with E-state index in [9.17, 15) is 5.11 Å². The van der Waals surface area contributed by atoms with Crippen LogP contribution < -0.4 is 14.8 Å². The summed E-state index contributed by atoms with van der Waals surface area (Å²) in [5, 5.41) is 13.2. The van der Waals surface area contributed by atoms with Crippen LogP contribution >= 0.6 is 0 Å². The van der Waals surface area contributed by atoms with Crippen molar-refractivity contribution in [1.82, 2.24) is 5.32 Å². The number of aliphatic hydroxyl groups is 1. The lowest BCUT2D eigenvalue weighted by Gasteiger charge is -2.26. The highest BCUT2D eigenvalue weighted by atomic mass is 16.6. The first-order chi connectivity index (χ1) is 11.8. The molecule has 0 spiro atoms. The zero-order chi connectivity index (χ0) is 16.6. The molecule has 2 aromatic carbocycles. The zero-order valence-corrected chi connectivity index (χ0v) is 13.6. The quantitative estimate of drug-likeness (QED) is 0.776. The van der Waals surface area contributed by atoms with Gasteiger partial charge >= 0.3 is 0 Å². The maximum atomic E-state index is 9.95. The summed E-state index contributed by atoms with van der Waals surface area (Å²) in [7, 11) is 0. The van der Waals surface area contributed by atoms with Crippen LogP contribution in [0.25, 0.3) is 0 Å². The van der Waals surface area contributed by atoms with Gasteiger partial charge in [-0.05, 0) is 17.7 Å². The first-order valence-corrected chi connectivity index (χ1v) is 8.20. The van der Waals surface area contributed by atoms with Gasteiger partial charge in [0, 0.05) is 13.1 Å². The van der Waals surface area contributed by atoms with Gasteiger partial charge in [-0.2, -0.15) is 0 Å². The van der Waals surface area contributed by atoms with Crippen molar-refractivity contribution >= 4 is 0 Å². The van der Waals surface area contributed by atoms with Crippen molar-refractivity contribution in [3.05, 3.63) is 60.2 Å². The first-order valence-electron chi connectivity index (χ1n) is 8.20. The van der Waals surface area contributed by atoms with E-state index in [2.05, 4.69) is 5.32 Å². The Balaban J connectivity index is 1.30. The van der Waals surface area contributed by atoms with Crippen LogP contribution in [0.15, 0.2) is 54.6 Å². The van der Waals surface area contributed by atoms with Crippen LogP contribution in [0.2, 0.25) is 0 Å². The third-order valence-electron chi connectivity index (χ3n) is 3.73. The minimum Gasteiger partial charge on any atom is -0.486 e. The predicted molar refractivity (Wildman–Crippen MR) is 91.3 cm³/mol. The Morgan fingerprint density at radius 2 is 1.83 bits per heavy atom. The number of ether oxygens (including phenoxy) is 3. The highest BCUT2D eigenvalue weighted by Crippen LogP contribution is 2.30. The summed E-state index contributed by atoms with van der Waals surface area (Å²) in [4.78, 5) is 0. The van der Waals surface area contributed by atoms with Gasteiger partial charge in [0.05, 0.1) is 19.3 Å². The van der Waals surface area contributed by atoms with E-state index in [1.54, 1.807) is 0 Å². The Morgan fingerprint density at radius 1 is 1.08 bits per heavy atom. The van der Waals surface area contributed by atoms with Crippen LogP contribution in [-0.4, -0.2) is 43.7 Å². The molecule has 2 N–H and O–H groups in total. The monoisotopic (exact) mass is 329 g/mol. The van der Waals surface area contributed by atoms with Crippen LogP contribution in [0.1, 0.15) is 5.56 Å². The van der Waals surface area contributed by atoms with Gasteiger partial charge in [0.25, 0.3) is 0 Å². The predicted octanol–water partition coefficient (Wildman–Crippen LogP) is 1.99. The summed E-state index contributed by atoms with van der Waals surface area (Å²) in [5.41, 5.74) is 1.19. The maximum Gasteiger partial charge on any atom is 0.161 e. The standard InChI is InChI=1S/C19H23NO4/c21-16(11-20-10-15-6-2-1-3-7-15)12-22-13-17-14-23-18-8-4-5-9-19(18)24-17/h1-9,16-17,20-21H,10-14H2. The van der Waals surface area contributed by atoms with Gasteiger partial charge in [-0.15, -0.1) is 0 Å². The van der Waals surface area contributed by atoms with Crippen molar-refractivity contribution < 1.29 is 19.3 Å². The van der Waals surface area contributed by atoms with Crippen molar-refractivity contribution in [2.75, 3.05) is 26.4 Å². The molecule has 0 saturated heterocycles. The second-order valence-corrected chi connectivity index (χ2v) is 5.81. The lowest BCUT2D eigenvalue weighted by molar-refractivity contribution is -0.0211. The van der Waals surface area contributed by atoms with E-state index in [1.165, 1.54) is 5.56 Å². The number of fused-ring (bicyclic) bond motifs is 1. The number of hydrogen-bond acceptors (Lipinski definition) is 5. The molecule has 128 valence electrons. The zero-order valence-electron chi connectivity index (χ0n) is 13.6. The largest absolute Gasteiger partial charge is 0.486 e. The molecule has 2 aromatic rings. The molecule has 5 heteroatoms. The van der Waals surface area contributed by atoms with Crippen molar-refractivity contribution in [2.45, 2.75) is 18.8 Å². The Morgan fingerprint density at radius 3 is 2.67 bits per heavy atom. The van der Waals surface area contributed by atoms with Gasteiger partial charge in [0.2, 0.25) is 0 Å². The Kier molecular flexibility index (Phi) is 6.07. The molecule has 24 heavy (non-hydrogen) atoms. The average Bonchev–Trinajstić information content (AvgIpc) is 2.62. The van der Waals surface area contributed by atoms with Crippen LogP contribution in [0, 0.1) is 0 Å². The van der Waals surface area contributed by atoms with Crippen LogP contribution in [0.4, 0.5) is 0 Å². The second-order valence-electron chi connectivity index (χ2n) is 5.81. The smallest absolute Gasteiger partial charge is 0.161 e. The molecule has 0 saturated carbocycles. The van der Waals surface area contributed by atoms with Crippen molar-refractivity contribution in [2.24, 2.45) is 0 Å². The number of benzene rings is 2. The fourth-order valence-electron chi connectivity index (χ4n) is 2.52. The maximum absolute atomic E-state index is 9.95. The number of para-hydroxylation sites is 2. The third-order valence-corrected chi connectivity index (χ3v) is 3.73. The highest BCUT2D eigenvalue weighted by Gasteiger charge is 2.20. The van der Waals surface area contributed by atoms with Crippen molar-refractivity contribution in [3.63, 3.8) is 0 Å². The molecule has 1 aliphatic rings. The van der Waals surface area contributed by atoms with Gasteiger partial charge in [0.1, 0.15) is 6.61 Å². The van der Waals surface area contributed by atoms with Gasteiger partial charge in [-0.1, -0.05) is 42.5 Å².